The van der Waals surface area contributed by atoms with Crippen LogP contribution in [0.2, 0.25) is 0 Å². The van der Waals surface area contributed by atoms with E-state index in [9.17, 15) is 15.3 Å². The summed E-state index contributed by atoms with van der Waals surface area (Å²) in [5.41, 5.74) is 1.09. The number of benzene rings is 1. The van der Waals surface area contributed by atoms with Crippen molar-refractivity contribution in [1.29, 1.82) is 0 Å². The van der Waals surface area contributed by atoms with Gasteiger partial charge in [-0.25, -0.2) is 0 Å². The number of aliphatic hydroxyl groups excluding tert-OH is 3. The van der Waals surface area contributed by atoms with Gasteiger partial charge in [0.25, 0.3) is 0 Å². The summed E-state index contributed by atoms with van der Waals surface area (Å²) in [5, 5.41) is 33.0. The zero-order chi connectivity index (χ0) is 13.8. The van der Waals surface area contributed by atoms with Crippen molar-refractivity contribution < 1.29 is 20.1 Å². The number of anilines is 1. The maximum Gasteiger partial charge on any atom is 0.144 e. The second-order valence-corrected chi connectivity index (χ2v) is 5.49. The first kappa shape index (κ1) is 12.5. The van der Waals surface area contributed by atoms with E-state index in [1.807, 2.05) is 6.07 Å². The fourth-order valence-electron chi connectivity index (χ4n) is 2.57. The van der Waals surface area contributed by atoms with E-state index >= 15 is 0 Å². The fraction of sp³-hybridized carbons (Fsp3) is 0.429. The SMILES string of the molecule is CC1(C)Oc2ccc3c(c2C(O)C1O)NC(O)C=C3. The van der Waals surface area contributed by atoms with Crippen molar-refractivity contribution in [2.24, 2.45) is 0 Å². The zero-order valence-corrected chi connectivity index (χ0v) is 10.8. The van der Waals surface area contributed by atoms with Crippen molar-refractivity contribution in [3.05, 3.63) is 29.3 Å². The number of nitrogens with one attached hydrogen (secondary N) is 1. The summed E-state index contributed by atoms with van der Waals surface area (Å²) in [6, 6.07) is 3.62. The maximum absolute atomic E-state index is 10.3. The molecule has 5 nitrogen and oxygen atoms in total. The first-order valence-electron chi connectivity index (χ1n) is 6.25. The fourth-order valence-corrected chi connectivity index (χ4v) is 2.57. The van der Waals surface area contributed by atoms with E-state index < -0.39 is 24.0 Å². The third-order valence-electron chi connectivity index (χ3n) is 3.67. The van der Waals surface area contributed by atoms with E-state index in [-0.39, 0.29) is 0 Å². The molecule has 0 aromatic heterocycles. The molecule has 1 aromatic carbocycles. The molecule has 0 fully saturated rings. The quantitative estimate of drug-likeness (QED) is 0.561. The van der Waals surface area contributed by atoms with Crippen LogP contribution in [0.1, 0.15) is 31.1 Å². The largest absolute Gasteiger partial charge is 0.485 e. The van der Waals surface area contributed by atoms with E-state index in [2.05, 4.69) is 5.32 Å². The van der Waals surface area contributed by atoms with Gasteiger partial charge in [0.1, 0.15) is 29.8 Å². The van der Waals surface area contributed by atoms with Gasteiger partial charge < -0.3 is 25.4 Å². The summed E-state index contributed by atoms with van der Waals surface area (Å²) in [7, 11) is 0. The summed E-state index contributed by atoms with van der Waals surface area (Å²) >= 11 is 0. The molecular weight excluding hydrogens is 246 g/mol. The molecule has 102 valence electrons. The molecule has 5 heteroatoms. The molecule has 2 aliphatic rings. The number of hydrogen-bond donors (Lipinski definition) is 4. The lowest BCUT2D eigenvalue weighted by Crippen LogP contribution is -2.49. The van der Waals surface area contributed by atoms with Gasteiger partial charge in [-0.1, -0.05) is 6.08 Å². The molecule has 0 saturated heterocycles. The normalized spacial score (nSPS) is 30.9. The highest BCUT2D eigenvalue weighted by atomic mass is 16.5. The van der Waals surface area contributed by atoms with E-state index in [0.29, 0.717) is 17.0 Å². The van der Waals surface area contributed by atoms with Crippen LogP contribution in [0.3, 0.4) is 0 Å². The molecule has 1 aromatic rings. The molecule has 19 heavy (non-hydrogen) atoms. The van der Waals surface area contributed by atoms with Crippen LogP contribution in [0, 0.1) is 0 Å². The van der Waals surface area contributed by atoms with E-state index in [4.69, 9.17) is 4.74 Å². The Morgan fingerprint density at radius 2 is 1.95 bits per heavy atom. The third-order valence-corrected chi connectivity index (χ3v) is 3.67. The average molecular weight is 263 g/mol. The Balaban J connectivity index is 2.17. The lowest BCUT2D eigenvalue weighted by molar-refractivity contribution is -0.111. The van der Waals surface area contributed by atoms with Gasteiger partial charge >= 0.3 is 0 Å². The molecule has 0 spiro atoms. The van der Waals surface area contributed by atoms with Gasteiger partial charge in [-0.05, 0) is 37.6 Å². The van der Waals surface area contributed by atoms with E-state index in [0.717, 1.165) is 5.56 Å². The molecule has 0 amide bonds. The van der Waals surface area contributed by atoms with Gasteiger partial charge in [-0.2, -0.15) is 0 Å². The van der Waals surface area contributed by atoms with Crippen LogP contribution in [0.5, 0.6) is 5.75 Å². The summed E-state index contributed by atoms with van der Waals surface area (Å²) in [5.74, 6) is 0.525. The standard InChI is InChI=1S/C14H17NO4/c1-14(2)13(18)12(17)10-8(19-14)5-3-7-4-6-9(16)15-11(7)10/h3-6,9,12-13,15-18H,1-2H3. The van der Waals surface area contributed by atoms with E-state index in [1.165, 1.54) is 0 Å². The van der Waals surface area contributed by atoms with Crippen LogP contribution < -0.4 is 10.1 Å². The van der Waals surface area contributed by atoms with Crippen molar-refractivity contribution >= 4 is 11.8 Å². The van der Waals surface area contributed by atoms with Crippen LogP contribution in [0.25, 0.3) is 6.08 Å². The molecule has 3 rings (SSSR count). The molecule has 2 heterocycles. The van der Waals surface area contributed by atoms with Gasteiger partial charge in [0, 0.05) is 5.56 Å². The Kier molecular flexibility index (Phi) is 2.60. The summed E-state index contributed by atoms with van der Waals surface area (Å²) in [4.78, 5) is 0. The minimum Gasteiger partial charge on any atom is -0.485 e. The first-order valence-corrected chi connectivity index (χ1v) is 6.25. The van der Waals surface area contributed by atoms with Crippen LogP contribution in [-0.2, 0) is 0 Å². The highest BCUT2D eigenvalue weighted by molar-refractivity contribution is 5.76. The number of rotatable bonds is 0. The minimum atomic E-state index is -1.06. The third kappa shape index (κ3) is 1.82. The Labute approximate surface area is 111 Å². The highest BCUT2D eigenvalue weighted by Crippen LogP contribution is 2.45. The van der Waals surface area contributed by atoms with Crippen molar-refractivity contribution in [3.8, 4) is 5.75 Å². The Morgan fingerprint density at radius 1 is 1.21 bits per heavy atom. The summed E-state index contributed by atoms with van der Waals surface area (Å²) < 4.78 is 5.75. The van der Waals surface area contributed by atoms with Gasteiger partial charge in [-0.3, -0.25) is 0 Å². The Hall–Kier alpha value is -1.56. The summed E-state index contributed by atoms with van der Waals surface area (Å²) in [6.45, 7) is 3.46. The second kappa shape index (κ2) is 3.96. The van der Waals surface area contributed by atoms with E-state index in [1.54, 1.807) is 32.1 Å². The number of aliphatic hydroxyl groups is 3. The smallest absolute Gasteiger partial charge is 0.144 e. The van der Waals surface area contributed by atoms with Crippen molar-refractivity contribution in [3.63, 3.8) is 0 Å². The van der Waals surface area contributed by atoms with Gasteiger partial charge in [0.05, 0.1) is 5.69 Å². The maximum atomic E-state index is 10.3. The Bertz CT molecular complexity index is 553. The lowest BCUT2D eigenvalue weighted by atomic mass is 9.86. The second-order valence-electron chi connectivity index (χ2n) is 5.49. The van der Waals surface area contributed by atoms with Crippen LogP contribution in [0.15, 0.2) is 18.2 Å². The number of hydrogen-bond acceptors (Lipinski definition) is 5. The van der Waals surface area contributed by atoms with Crippen molar-refractivity contribution in [2.75, 3.05) is 5.32 Å². The van der Waals surface area contributed by atoms with Gasteiger partial charge in [0.15, 0.2) is 0 Å². The molecule has 3 atom stereocenters. The molecule has 3 unspecified atom stereocenters. The molecular formula is C14H17NO4. The number of ether oxygens (including phenoxy) is 1. The van der Waals surface area contributed by atoms with Crippen LogP contribution in [-0.4, -0.2) is 33.3 Å². The lowest BCUT2D eigenvalue weighted by Gasteiger charge is -2.41. The predicted molar refractivity (Wildman–Crippen MR) is 70.8 cm³/mol. The topological polar surface area (TPSA) is 82.0 Å². The highest BCUT2D eigenvalue weighted by Gasteiger charge is 2.43. The molecule has 2 aliphatic heterocycles. The number of fused-ring (bicyclic) bond motifs is 3. The minimum absolute atomic E-state index is 0.493. The van der Waals surface area contributed by atoms with Crippen LogP contribution >= 0.6 is 0 Å². The monoisotopic (exact) mass is 263 g/mol. The Morgan fingerprint density at radius 3 is 2.68 bits per heavy atom. The molecule has 0 bridgehead atoms. The zero-order valence-electron chi connectivity index (χ0n) is 10.8. The molecule has 4 N–H and O–H groups in total. The molecule has 0 aliphatic carbocycles. The molecule has 0 radical (unpaired) electrons. The van der Waals surface area contributed by atoms with Crippen molar-refractivity contribution in [2.45, 2.75) is 37.9 Å². The first-order chi connectivity index (χ1) is 8.90. The van der Waals surface area contributed by atoms with Gasteiger partial charge in [0.2, 0.25) is 0 Å². The van der Waals surface area contributed by atoms with Crippen LogP contribution in [0.4, 0.5) is 5.69 Å². The summed E-state index contributed by atoms with van der Waals surface area (Å²) in [6.07, 6.45) is 0.496. The molecule has 0 saturated carbocycles. The van der Waals surface area contributed by atoms with Gasteiger partial charge in [-0.15, -0.1) is 0 Å². The van der Waals surface area contributed by atoms with Crippen molar-refractivity contribution in [1.82, 2.24) is 0 Å². The predicted octanol–water partition coefficient (Wildman–Crippen LogP) is 1.01. The average Bonchev–Trinajstić information content (AvgIpc) is 2.35.